The molecular formula is C15H22N2O3. The van der Waals surface area contributed by atoms with Crippen molar-refractivity contribution in [3.8, 4) is 0 Å². The van der Waals surface area contributed by atoms with Crippen LogP contribution in [0.3, 0.4) is 0 Å². The number of carbonyl (C=O) groups is 1. The predicted octanol–water partition coefficient (Wildman–Crippen LogP) is 1.63. The fourth-order valence-electron chi connectivity index (χ4n) is 2.38. The molecule has 0 spiro atoms. The molecule has 1 aliphatic rings. The fraction of sp³-hybridized carbons (Fsp3) is 0.600. The van der Waals surface area contributed by atoms with E-state index in [1.807, 2.05) is 18.2 Å². The van der Waals surface area contributed by atoms with Crippen LogP contribution in [0.4, 0.5) is 0 Å². The molecule has 20 heavy (non-hydrogen) atoms. The zero-order chi connectivity index (χ0) is 14.2. The molecule has 0 saturated carbocycles. The first-order chi connectivity index (χ1) is 9.78. The van der Waals surface area contributed by atoms with Gasteiger partial charge in [0.2, 0.25) is 0 Å². The highest BCUT2D eigenvalue weighted by molar-refractivity contribution is 5.69. The molecule has 0 amide bonds. The van der Waals surface area contributed by atoms with E-state index >= 15 is 0 Å². The number of aromatic nitrogens is 1. The minimum absolute atomic E-state index is 0.177. The minimum atomic E-state index is -0.177. The zero-order valence-corrected chi connectivity index (χ0v) is 12.0. The molecule has 0 aliphatic carbocycles. The van der Waals surface area contributed by atoms with Gasteiger partial charge in [0.25, 0.3) is 0 Å². The lowest BCUT2D eigenvalue weighted by Crippen LogP contribution is -2.34. The Bertz CT molecular complexity index is 405. The van der Waals surface area contributed by atoms with Crippen molar-refractivity contribution in [2.75, 3.05) is 26.8 Å². The maximum atomic E-state index is 11.3. The van der Waals surface area contributed by atoms with E-state index in [9.17, 15) is 4.79 Å². The van der Waals surface area contributed by atoms with Gasteiger partial charge in [0.05, 0.1) is 25.3 Å². The summed E-state index contributed by atoms with van der Waals surface area (Å²) in [4.78, 5) is 17.9. The quantitative estimate of drug-likeness (QED) is 0.709. The number of pyridine rings is 1. The lowest BCUT2D eigenvalue weighted by molar-refractivity contribution is -0.141. The van der Waals surface area contributed by atoms with E-state index in [2.05, 4.69) is 9.88 Å². The number of hydrogen-bond donors (Lipinski definition) is 0. The second-order valence-electron chi connectivity index (χ2n) is 5.02. The second-order valence-corrected chi connectivity index (χ2v) is 5.02. The van der Waals surface area contributed by atoms with E-state index in [-0.39, 0.29) is 12.1 Å². The fourth-order valence-corrected chi connectivity index (χ4v) is 2.38. The number of esters is 1. The van der Waals surface area contributed by atoms with Crippen molar-refractivity contribution in [3.05, 3.63) is 30.1 Å². The van der Waals surface area contributed by atoms with Gasteiger partial charge in [-0.2, -0.15) is 0 Å². The molecule has 5 heteroatoms. The summed E-state index contributed by atoms with van der Waals surface area (Å²) < 4.78 is 10.4. The Morgan fingerprint density at radius 2 is 2.45 bits per heavy atom. The van der Waals surface area contributed by atoms with E-state index in [0.717, 1.165) is 38.2 Å². The third kappa shape index (κ3) is 4.90. The van der Waals surface area contributed by atoms with Gasteiger partial charge >= 0.3 is 5.97 Å². The normalized spacial score (nSPS) is 18.4. The van der Waals surface area contributed by atoms with Crippen LogP contribution in [-0.4, -0.2) is 48.8 Å². The summed E-state index contributed by atoms with van der Waals surface area (Å²) in [7, 11) is 1.42. The van der Waals surface area contributed by atoms with Crippen LogP contribution in [-0.2, 0) is 20.8 Å². The zero-order valence-electron chi connectivity index (χ0n) is 12.0. The highest BCUT2D eigenvalue weighted by Crippen LogP contribution is 2.15. The van der Waals surface area contributed by atoms with Gasteiger partial charge in [0.1, 0.15) is 0 Å². The molecule has 1 saturated heterocycles. The van der Waals surface area contributed by atoms with Crippen LogP contribution < -0.4 is 0 Å². The van der Waals surface area contributed by atoms with E-state index in [1.165, 1.54) is 7.11 Å². The predicted molar refractivity (Wildman–Crippen MR) is 75.1 cm³/mol. The highest BCUT2D eigenvalue weighted by Gasteiger charge is 2.20. The summed E-state index contributed by atoms with van der Waals surface area (Å²) in [6, 6.07) is 5.88. The van der Waals surface area contributed by atoms with Gasteiger partial charge in [-0.25, -0.2) is 0 Å². The van der Waals surface area contributed by atoms with Crippen molar-refractivity contribution in [2.24, 2.45) is 0 Å². The Morgan fingerprint density at radius 1 is 1.55 bits per heavy atom. The molecule has 0 unspecified atom stereocenters. The molecule has 1 atom stereocenters. The maximum Gasteiger partial charge on any atom is 0.306 e. The summed E-state index contributed by atoms with van der Waals surface area (Å²) in [6.45, 7) is 3.09. The molecule has 1 aromatic rings. The van der Waals surface area contributed by atoms with Crippen LogP contribution in [0.25, 0.3) is 0 Å². The third-order valence-corrected chi connectivity index (χ3v) is 3.46. The number of hydrogen-bond acceptors (Lipinski definition) is 5. The maximum absolute atomic E-state index is 11.3. The van der Waals surface area contributed by atoms with Crippen LogP contribution in [0.15, 0.2) is 24.4 Å². The van der Waals surface area contributed by atoms with Crippen molar-refractivity contribution in [1.29, 1.82) is 0 Å². The van der Waals surface area contributed by atoms with Gasteiger partial charge in [-0.3, -0.25) is 14.7 Å². The van der Waals surface area contributed by atoms with Gasteiger partial charge in [0, 0.05) is 32.4 Å². The lowest BCUT2D eigenvalue weighted by atomic mass is 10.2. The topological polar surface area (TPSA) is 51.7 Å². The largest absolute Gasteiger partial charge is 0.469 e. The van der Waals surface area contributed by atoms with Gasteiger partial charge in [-0.1, -0.05) is 6.07 Å². The van der Waals surface area contributed by atoms with Crippen LogP contribution in [0.2, 0.25) is 0 Å². The molecule has 0 aromatic carbocycles. The molecule has 2 heterocycles. The Hall–Kier alpha value is -1.46. The Kier molecular flexibility index (Phi) is 5.95. The minimum Gasteiger partial charge on any atom is -0.469 e. The first-order valence-electron chi connectivity index (χ1n) is 7.08. The Labute approximate surface area is 119 Å². The summed E-state index contributed by atoms with van der Waals surface area (Å²) >= 11 is 0. The van der Waals surface area contributed by atoms with Crippen molar-refractivity contribution < 1.29 is 14.3 Å². The standard InChI is InChI=1S/C15H22N2O3/c1-19-15(18)7-9-17(12-14-6-4-10-20-14)11-13-5-2-3-8-16-13/h2-3,5,8,14H,4,6-7,9-12H2,1H3/t14-/m1/s1. The average Bonchev–Trinajstić information content (AvgIpc) is 2.98. The molecule has 0 N–H and O–H groups in total. The highest BCUT2D eigenvalue weighted by atomic mass is 16.5. The van der Waals surface area contributed by atoms with E-state index in [0.29, 0.717) is 13.0 Å². The van der Waals surface area contributed by atoms with E-state index in [4.69, 9.17) is 9.47 Å². The van der Waals surface area contributed by atoms with Gasteiger partial charge in [-0.15, -0.1) is 0 Å². The smallest absolute Gasteiger partial charge is 0.306 e. The first kappa shape index (κ1) is 14.9. The average molecular weight is 278 g/mol. The van der Waals surface area contributed by atoms with Crippen molar-refractivity contribution in [1.82, 2.24) is 9.88 Å². The Morgan fingerprint density at radius 3 is 3.10 bits per heavy atom. The van der Waals surface area contributed by atoms with E-state index < -0.39 is 0 Å². The molecule has 1 fully saturated rings. The van der Waals surface area contributed by atoms with Crippen molar-refractivity contribution >= 4 is 5.97 Å². The molecule has 1 aliphatic heterocycles. The van der Waals surface area contributed by atoms with Crippen LogP contribution >= 0.6 is 0 Å². The van der Waals surface area contributed by atoms with Crippen molar-refractivity contribution in [3.63, 3.8) is 0 Å². The van der Waals surface area contributed by atoms with Crippen LogP contribution in [0, 0.1) is 0 Å². The molecular weight excluding hydrogens is 256 g/mol. The number of rotatable bonds is 7. The molecule has 0 radical (unpaired) electrons. The van der Waals surface area contributed by atoms with Crippen LogP contribution in [0.1, 0.15) is 25.0 Å². The summed E-state index contributed by atoms with van der Waals surface area (Å²) in [5.74, 6) is -0.177. The molecule has 1 aromatic heterocycles. The summed E-state index contributed by atoms with van der Waals surface area (Å²) in [6.07, 6.45) is 4.68. The first-order valence-corrected chi connectivity index (χ1v) is 7.08. The van der Waals surface area contributed by atoms with Crippen molar-refractivity contribution in [2.45, 2.75) is 31.9 Å². The third-order valence-electron chi connectivity index (χ3n) is 3.46. The van der Waals surface area contributed by atoms with E-state index in [1.54, 1.807) is 6.20 Å². The Balaban J connectivity index is 1.89. The van der Waals surface area contributed by atoms with Crippen LogP contribution in [0.5, 0.6) is 0 Å². The second kappa shape index (κ2) is 7.97. The molecule has 5 nitrogen and oxygen atoms in total. The molecule has 2 rings (SSSR count). The number of nitrogens with zero attached hydrogens (tertiary/aromatic N) is 2. The lowest BCUT2D eigenvalue weighted by Gasteiger charge is -2.24. The van der Waals surface area contributed by atoms with Gasteiger partial charge in [0.15, 0.2) is 0 Å². The summed E-state index contributed by atoms with van der Waals surface area (Å²) in [5.41, 5.74) is 1.01. The monoisotopic (exact) mass is 278 g/mol. The van der Waals surface area contributed by atoms with Gasteiger partial charge < -0.3 is 9.47 Å². The number of methoxy groups -OCH3 is 1. The SMILES string of the molecule is COC(=O)CCN(Cc1ccccn1)C[C@H]1CCCO1. The summed E-state index contributed by atoms with van der Waals surface area (Å²) in [5, 5.41) is 0. The molecule has 0 bridgehead atoms. The van der Waals surface area contributed by atoms with Gasteiger partial charge in [-0.05, 0) is 25.0 Å². The number of ether oxygens (including phenoxy) is 2. The molecule has 110 valence electrons. The number of carbonyl (C=O) groups excluding carboxylic acids is 1.